The molecule has 0 bridgehead atoms. The third-order valence-corrected chi connectivity index (χ3v) is 6.07. The second kappa shape index (κ2) is 8.99. The molecule has 1 saturated carbocycles. The molecule has 3 N–H and O–H groups in total. The SMILES string of the molecule is CC1CCC(NS(=O)(=O)CC(=O)N(C)CCC(N)C(C)C)CC1. The normalized spacial score (nSPS) is 23.7. The highest BCUT2D eigenvalue weighted by Gasteiger charge is 2.26. The van der Waals surface area contributed by atoms with Crippen molar-refractivity contribution in [2.75, 3.05) is 19.3 Å². The van der Waals surface area contributed by atoms with Crippen LogP contribution in [0.1, 0.15) is 52.9 Å². The molecule has 0 aromatic rings. The van der Waals surface area contributed by atoms with Crippen molar-refractivity contribution in [1.29, 1.82) is 0 Å². The van der Waals surface area contributed by atoms with Crippen LogP contribution in [-0.2, 0) is 14.8 Å². The van der Waals surface area contributed by atoms with Crippen LogP contribution in [0, 0.1) is 11.8 Å². The summed E-state index contributed by atoms with van der Waals surface area (Å²) in [7, 11) is -1.94. The molecule has 0 radical (unpaired) electrons. The van der Waals surface area contributed by atoms with Crippen LogP contribution in [-0.4, -0.2) is 50.7 Å². The largest absolute Gasteiger partial charge is 0.345 e. The number of hydrogen-bond acceptors (Lipinski definition) is 4. The second-order valence-electron chi connectivity index (χ2n) is 7.35. The van der Waals surface area contributed by atoms with Crippen LogP contribution in [0.25, 0.3) is 0 Å². The standard InChI is InChI=1S/C16H33N3O3S/c1-12(2)15(17)9-10-19(4)16(20)11-23(21,22)18-14-7-5-13(3)6-8-14/h12-15,18H,5-11,17H2,1-4H3. The first-order chi connectivity index (χ1) is 10.6. The van der Waals surface area contributed by atoms with Gasteiger partial charge in [0.15, 0.2) is 0 Å². The number of hydrogen-bond donors (Lipinski definition) is 2. The maximum absolute atomic E-state index is 12.2. The Morgan fingerprint density at radius 1 is 1.26 bits per heavy atom. The van der Waals surface area contributed by atoms with Crippen LogP contribution < -0.4 is 10.5 Å². The molecule has 0 aliphatic heterocycles. The van der Waals surface area contributed by atoms with Gasteiger partial charge in [-0.1, -0.05) is 20.8 Å². The molecule has 0 heterocycles. The number of nitrogens with one attached hydrogen (secondary N) is 1. The van der Waals surface area contributed by atoms with Gasteiger partial charge in [0.1, 0.15) is 5.75 Å². The number of carbonyl (C=O) groups is 1. The number of carbonyl (C=O) groups excluding carboxylic acids is 1. The van der Waals surface area contributed by atoms with E-state index < -0.39 is 15.8 Å². The number of nitrogens with two attached hydrogens (primary N) is 1. The molecule has 0 aromatic carbocycles. The molecule has 1 atom stereocenters. The molecule has 1 aliphatic carbocycles. The van der Waals surface area contributed by atoms with Crippen molar-refractivity contribution in [3.63, 3.8) is 0 Å². The van der Waals surface area contributed by atoms with Gasteiger partial charge in [0, 0.05) is 25.7 Å². The van der Waals surface area contributed by atoms with Crippen LogP contribution in [0.4, 0.5) is 0 Å². The summed E-state index contributed by atoms with van der Waals surface area (Å²) in [5.41, 5.74) is 5.96. The van der Waals surface area contributed by atoms with Gasteiger partial charge in [0.2, 0.25) is 15.9 Å². The Hall–Kier alpha value is -0.660. The number of amides is 1. The van der Waals surface area contributed by atoms with E-state index in [4.69, 9.17) is 5.73 Å². The van der Waals surface area contributed by atoms with Crippen LogP contribution >= 0.6 is 0 Å². The molecule has 0 saturated heterocycles. The zero-order chi connectivity index (χ0) is 17.6. The monoisotopic (exact) mass is 347 g/mol. The summed E-state index contributed by atoms with van der Waals surface area (Å²) in [5.74, 6) is 0.149. The molecule has 1 unspecified atom stereocenters. The molecular weight excluding hydrogens is 314 g/mol. The molecule has 0 aromatic heterocycles. The summed E-state index contributed by atoms with van der Waals surface area (Å²) in [5, 5.41) is 0. The van der Waals surface area contributed by atoms with Crippen molar-refractivity contribution >= 4 is 15.9 Å². The highest BCUT2D eigenvalue weighted by Crippen LogP contribution is 2.23. The van der Waals surface area contributed by atoms with Crippen molar-refractivity contribution in [1.82, 2.24) is 9.62 Å². The predicted molar refractivity (Wildman–Crippen MR) is 93.4 cm³/mol. The van der Waals surface area contributed by atoms with Gasteiger partial charge in [-0.15, -0.1) is 0 Å². The van der Waals surface area contributed by atoms with E-state index in [1.807, 2.05) is 13.8 Å². The fraction of sp³-hybridized carbons (Fsp3) is 0.938. The molecule has 6 nitrogen and oxygen atoms in total. The van der Waals surface area contributed by atoms with Gasteiger partial charge in [-0.05, 0) is 43.9 Å². The fourth-order valence-electron chi connectivity index (χ4n) is 2.75. The van der Waals surface area contributed by atoms with E-state index in [0.717, 1.165) is 25.7 Å². The summed E-state index contributed by atoms with van der Waals surface area (Å²) < 4.78 is 27.0. The quantitative estimate of drug-likeness (QED) is 0.692. The van der Waals surface area contributed by atoms with Crippen molar-refractivity contribution in [2.45, 2.75) is 65.0 Å². The Morgan fingerprint density at radius 3 is 2.35 bits per heavy atom. The fourth-order valence-corrected chi connectivity index (χ4v) is 4.12. The lowest BCUT2D eigenvalue weighted by atomic mass is 9.88. The van der Waals surface area contributed by atoms with Crippen molar-refractivity contribution in [3.8, 4) is 0 Å². The minimum absolute atomic E-state index is 0.0178. The molecule has 23 heavy (non-hydrogen) atoms. The topological polar surface area (TPSA) is 92.5 Å². The van der Waals surface area contributed by atoms with Crippen LogP contribution in [0.2, 0.25) is 0 Å². The Bertz CT molecular complexity index is 471. The third kappa shape index (κ3) is 7.63. The number of sulfonamides is 1. The Balaban J connectivity index is 2.41. The zero-order valence-corrected chi connectivity index (χ0v) is 15.7. The molecular formula is C16H33N3O3S. The Labute approximate surface area is 141 Å². The van der Waals surface area contributed by atoms with Crippen molar-refractivity contribution < 1.29 is 13.2 Å². The maximum Gasteiger partial charge on any atom is 0.238 e. The van der Waals surface area contributed by atoms with E-state index in [1.165, 1.54) is 4.90 Å². The molecule has 1 rings (SSSR count). The smallest absolute Gasteiger partial charge is 0.238 e. The van der Waals surface area contributed by atoms with Gasteiger partial charge < -0.3 is 10.6 Å². The molecule has 1 fully saturated rings. The average molecular weight is 348 g/mol. The number of rotatable bonds is 8. The van der Waals surface area contributed by atoms with E-state index in [2.05, 4.69) is 11.6 Å². The molecule has 1 amide bonds. The summed E-state index contributed by atoms with van der Waals surface area (Å²) in [6.07, 6.45) is 4.46. The second-order valence-corrected chi connectivity index (χ2v) is 9.10. The van der Waals surface area contributed by atoms with Gasteiger partial charge in [-0.3, -0.25) is 4.79 Å². The minimum Gasteiger partial charge on any atom is -0.345 e. The Morgan fingerprint density at radius 2 is 1.83 bits per heavy atom. The van der Waals surface area contributed by atoms with Crippen LogP contribution in [0.3, 0.4) is 0 Å². The predicted octanol–water partition coefficient (Wildman–Crippen LogP) is 1.32. The van der Waals surface area contributed by atoms with Crippen molar-refractivity contribution in [2.24, 2.45) is 17.6 Å². The van der Waals surface area contributed by atoms with E-state index in [-0.39, 0.29) is 18.0 Å². The van der Waals surface area contributed by atoms with Crippen LogP contribution in [0.5, 0.6) is 0 Å². The van der Waals surface area contributed by atoms with E-state index in [0.29, 0.717) is 24.8 Å². The highest BCUT2D eigenvalue weighted by atomic mass is 32.2. The van der Waals surface area contributed by atoms with E-state index in [9.17, 15) is 13.2 Å². The summed E-state index contributed by atoms with van der Waals surface area (Å²) in [4.78, 5) is 13.6. The molecule has 0 spiro atoms. The lowest BCUT2D eigenvalue weighted by Gasteiger charge is -2.27. The minimum atomic E-state index is -3.57. The first kappa shape index (κ1) is 20.4. The Kier molecular flexibility index (Phi) is 7.97. The maximum atomic E-state index is 12.2. The average Bonchev–Trinajstić information content (AvgIpc) is 2.45. The molecule has 1 aliphatic rings. The van der Waals surface area contributed by atoms with Gasteiger partial charge in [0.25, 0.3) is 0 Å². The molecule has 136 valence electrons. The van der Waals surface area contributed by atoms with E-state index >= 15 is 0 Å². The van der Waals surface area contributed by atoms with Crippen molar-refractivity contribution in [3.05, 3.63) is 0 Å². The van der Waals surface area contributed by atoms with Gasteiger partial charge in [0.05, 0.1) is 0 Å². The van der Waals surface area contributed by atoms with Gasteiger partial charge in [-0.25, -0.2) is 13.1 Å². The number of nitrogens with zero attached hydrogens (tertiary/aromatic N) is 1. The summed E-state index contributed by atoms with van der Waals surface area (Å²) in [6, 6.07) is -0.00659. The summed E-state index contributed by atoms with van der Waals surface area (Å²) >= 11 is 0. The van der Waals surface area contributed by atoms with E-state index in [1.54, 1.807) is 7.05 Å². The first-order valence-electron chi connectivity index (χ1n) is 8.60. The lowest BCUT2D eigenvalue weighted by molar-refractivity contribution is -0.127. The van der Waals surface area contributed by atoms with Crippen LogP contribution in [0.15, 0.2) is 0 Å². The zero-order valence-electron chi connectivity index (χ0n) is 14.9. The third-order valence-electron chi connectivity index (χ3n) is 4.76. The van der Waals surface area contributed by atoms with Gasteiger partial charge in [-0.2, -0.15) is 0 Å². The lowest BCUT2D eigenvalue weighted by Crippen LogP contribution is -2.43. The first-order valence-corrected chi connectivity index (χ1v) is 10.3. The summed E-state index contributed by atoms with van der Waals surface area (Å²) in [6.45, 7) is 6.73. The molecule has 7 heteroatoms. The van der Waals surface area contributed by atoms with Gasteiger partial charge >= 0.3 is 0 Å². The highest BCUT2D eigenvalue weighted by molar-refractivity contribution is 7.90.